The summed E-state index contributed by atoms with van der Waals surface area (Å²) in [5.41, 5.74) is -0.249. The fourth-order valence-electron chi connectivity index (χ4n) is 1.19. The zero-order valence-electron chi connectivity index (χ0n) is 7.23. The molecule has 0 saturated carbocycles. The predicted molar refractivity (Wildman–Crippen MR) is 54.7 cm³/mol. The molecule has 2 rings (SSSR count). The van der Waals surface area contributed by atoms with E-state index in [-0.39, 0.29) is 5.58 Å². The van der Waals surface area contributed by atoms with Crippen LogP contribution in [-0.4, -0.2) is 8.76 Å². The number of fused-ring (bicyclic) bond motifs is 1. The standard InChI is InChI=1S/C9H5ClO4S/c10-5-1-2-6-7(11)4-9(15(12)13)14-8(6)3-5/h1-4H,(H,12,13)/p-1. The van der Waals surface area contributed by atoms with Gasteiger partial charge in [0.05, 0.1) is 5.39 Å². The first-order valence-electron chi connectivity index (χ1n) is 3.90. The fraction of sp³-hybridized carbons (Fsp3) is 0. The topological polar surface area (TPSA) is 70.3 Å². The molecule has 1 heterocycles. The molecule has 0 fully saturated rings. The maximum atomic E-state index is 11.4. The van der Waals surface area contributed by atoms with Crippen LogP contribution in [0.3, 0.4) is 0 Å². The lowest BCUT2D eigenvalue weighted by atomic mass is 10.2. The number of rotatable bonds is 1. The van der Waals surface area contributed by atoms with Gasteiger partial charge in [0.1, 0.15) is 5.58 Å². The molecule has 2 aromatic rings. The molecule has 0 N–H and O–H groups in total. The Labute approximate surface area is 91.8 Å². The lowest BCUT2D eigenvalue weighted by molar-refractivity contribution is 0.449. The highest BCUT2D eigenvalue weighted by Crippen LogP contribution is 2.18. The second-order valence-corrected chi connectivity index (χ2v) is 4.11. The molecule has 0 aliphatic carbocycles. The third-order valence-electron chi connectivity index (χ3n) is 1.83. The molecule has 1 atom stereocenters. The minimum Gasteiger partial charge on any atom is -0.766 e. The molecule has 6 heteroatoms. The molecule has 0 bridgehead atoms. The van der Waals surface area contributed by atoms with E-state index in [1.54, 1.807) is 0 Å². The smallest absolute Gasteiger partial charge is 0.193 e. The van der Waals surface area contributed by atoms with Crippen LogP contribution in [0.15, 0.2) is 38.6 Å². The molecule has 0 aliphatic heterocycles. The molecule has 1 aromatic heterocycles. The van der Waals surface area contributed by atoms with E-state index in [9.17, 15) is 13.6 Å². The van der Waals surface area contributed by atoms with Crippen molar-refractivity contribution in [2.75, 3.05) is 0 Å². The van der Waals surface area contributed by atoms with Gasteiger partial charge in [-0.05, 0) is 12.1 Å². The van der Waals surface area contributed by atoms with Crippen molar-refractivity contribution in [3.63, 3.8) is 0 Å². The largest absolute Gasteiger partial charge is 0.766 e. The monoisotopic (exact) mass is 243 g/mol. The number of hydrogen-bond acceptors (Lipinski definition) is 4. The van der Waals surface area contributed by atoms with Crippen LogP contribution in [0.25, 0.3) is 11.0 Å². The van der Waals surface area contributed by atoms with Crippen LogP contribution in [0.5, 0.6) is 0 Å². The molecule has 0 radical (unpaired) electrons. The summed E-state index contributed by atoms with van der Waals surface area (Å²) in [5, 5.41) is 0.280. The Kier molecular flexibility index (Phi) is 2.60. The predicted octanol–water partition coefficient (Wildman–Crippen LogP) is 1.68. The molecule has 0 amide bonds. The first-order chi connectivity index (χ1) is 7.08. The maximum absolute atomic E-state index is 11.4. The summed E-state index contributed by atoms with van der Waals surface area (Å²) >= 11 is 3.13. The van der Waals surface area contributed by atoms with Crippen LogP contribution in [0.4, 0.5) is 0 Å². The van der Waals surface area contributed by atoms with Crippen molar-refractivity contribution >= 4 is 33.7 Å². The van der Waals surface area contributed by atoms with Crippen molar-refractivity contribution in [2.45, 2.75) is 5.09 Å². The lowest BCUT2D eigenvalue weighted by Crippen LogP contribution is -2.02. The molecular formula is C9H4ClO4S-. The molecule has 1 unspecified atom stereocenters. The molecule has 1 aromatic carbocycles. The van der Waals surface area contributed by atoms with Gasteiger partial charge in [-0.1, -0.05) is 11.6 Å². The van der Waals surface area contributed by atoms with Crippen molar-refractivity contribution in [2.24, 2.45) is 0 Å². The van der Waals surface area contributed by atoms with Gasteiger partial charge in [-0.25, -0.2) is 0 Å². The van der Waals surface area contributed by atoms with Crippen molar-refractivity contribution in [1.82, 2.24) is 0 Å². The van der Waals surface area contributed by atoms with Gasteiger partial charge in [0.25, 0.3) is 0 Å². The van der Waals surface area contributed by atoms with E-state index in [0.717, 1.165) is 6.07 Å². The second-order valence-electron chi connectivity index (χ2n) is 2.80. The Balaban J connectivity index is 2.85. The Bertz CT molecular complexity index is 605. The van der Waals surface area contributed by atoms with Crippen LogP contribution in [-0.2, 0) is 11.1 Å². The third-order valence-corrected chi connectivity index (χ3v) is 2.60. The first-order valence-corrected chi connectivity index (χ1v) is 5.36. The van der Waals surface area contributed by atoms with Gasteiger partial charge in [-0.15, -0.1) is 0 Å². The average molecular weight is 244 g/mol. The number of benzene rings is 1. The van der Waals surface area contributed by atoms with Crippen LogP contribution in [0, 0.1) is 0 Å². The summed E-state index contributed by atoms with van der Waals surface area (Å²) in [6.45, 7) is 0. The average Bonchev–Trinajstić information content (AvgIpc) is 2.16. The summed E-state index contributed by atoms with van der Waals surface area (Å²) in [4.78, 5) is 11.4. The normalized spacial score (nSPS) is 12.9. The van der Waals surface area contributed by atoms with Crippen molar-refractivity contribution in [3.8, 4) is 0 Å². The third kappa shape index (κ3) is 1.94. The Morgan fingerprint density at radius 2 is 2.07 bits per heavy atom. The summed E-state index contributed by atoms with van der Waals surface area (Å²) in [6, 6.07) is 5.35. The van der Waals surface area contributed by atoms with E-state index < -0.39 is 21.6 Å². The van der Waals surface area contributed by atoms with E-state index in [0.29, 0.717) is 10.4 Å². The van der Waals surface area contributed by atoms with E-state index in [1.165, 1.54) is 18.2 Å². The zero-order chi connectivity index (χ0) is 11.0. The Morgan fingerprint density at radius 1 is 1.33 bits per heavy atom. The van der Waals surface area contributed by atoms with Crippen molar-refractivity contribution in [1.29, 1.82) is 0 Å². The molecular weight excluding hydrogens is 240 g/mol. The highest BCUT2D eigenvalue weighted by Gasteiger charge is 2.05. The van der Waals surface area contributed by atoms with Gasteiger partial charge in [0.2, 0.25) is 0 Å². The van der Waals surface area contributed by atoms with Crippen molar-refractivity contribution in [3.05, 3.63) is 39.5 Å². The summed E-state index contributed by atoms with van der Waals surface area (Å²) in [6.07, 6.45) is 0. The molecule has 0 spiro atoms. The van der Waals surface area contributed by atoms with Crippen molar-refractivity contribution < 1.29 is 13.2 Å². The fourth-order valence-corrected chi connectivity index (χ4v) is 1.71. The van der Waals surface area contributed by atoms with Gasteiger partial charge in [0.15, 0.2) is 10.5 Å². The SMILES string of the molecule is O=c1cc(S(=O)[O-])oc2cc(Cl)ccc12. The summed E-state index contributed by atoms with van der Waals surface area (Å²) in [5.74, 6) is 0. The first kappa shape index (κ1) is 10.4. The van der Waals surface area contributed by atoms with Crippen LogP contribution >= 0.6 is 11.6 Å². The van der Waals surface area contributed by atoms with E-state index in [2.05, 4.69) is 0 Å². The lowest BCUT2D eigenvalue weighted by Gasteiger charge is -2.04. The number of hydrogen-bond donors (Lipinski definition) is 0. The van der Waals surface area contributed by atoms with Gasteiger partial charge in [-0.2, -0.15) is 0 Å². The van der Waals surface area contributed by atoms with Gasteiger partial charge in [0, 0.05) is 28.2 Å². The highest BCUT2D eigenvalue weighted by atomic mass is 35.5. The molecule has 4 nitrogen and oxygen atoms in total. The molecule has 78 valence electrons. The maximum Gasteiger partial charge on any atom is 0.193 e. The zero-order valence-corrected chi connectivity index (χ0v) is 8.80. The minimum atomic E-state index is -2.56. The molecule has 0 saturated heterocycles. The highest BCUT2D eigenvalue weighted by molar-refractivity contribution is 7.79. The Hall–Kier alpha value is -1.17. The van der Waals surface area contributed by atoms with Crippen LogP contribution in [0.2, 0.25) is 5.02 Å². The summed E-state index contributed by atoms with van der Waals surface area (Å²) < 4.78 is 26.2. The van der Waals surface area contributed by atoms with Crippen LogP contribution < -0.4 is 5.43 Å². The molecule has 0 aliphatic rings. The number of halogens is 1. The summed E-state index contributed by atoms with van der Waals surface area (Å²) in [7, 11) is 0. The quantitative estimate of drug-likeness (QED) is 0.715. The minimum absolute atomic E-state index is 0.161. The van der Waals surface area contributed by atoms with Gasteiger partial charge >= 0.3 is 0 Å². The molecule has 15 heavy (non-hydrogen) atoms. The van der Waals surface area contributed by atoms with Gasteiger partial charge < -0.3 is 8.97 Å². The Morgan fingerprint density at radius 3 is 2.73 bits per heavy atom. The second kappa shape index (κ2) is 3.77. The van der Waals surface area contributed by atoms with E-state index in [4.69, 9.17) is 16.0 Å². The van der Waals surface area contributed by atoms with E-state index >= 15 is 0 Å². The van der Waals surface area contributed by atoms with Crippen LogP contribution in [0.1, 0.15) is 0 Å². The van der Waals surface area contributed by atoms with Gasteiger partial charge in [-0.3, -0.25) is 9.00 Å². The van der Waals surface area contributed by atoms with E-state index in [1.807, 2.05) is 0 Å².